The predicted molar refractivity (Wildman–Crippen MR) is 156 cm³/mol. The molecule has 1 unspecified atom stereocenters. The summed E-state index contributed by atoms with van der Waals surface area (Å²) >= 11 is 7.90. The fourth-order valence-corrected chi connectivity index (χ4v) is 6.04. The average Bonchev–Trinajstić information content (AvgIpc) is 3.45. The SMILES string of the molecule is CC(C)(C)OC(=O)Nc1ccc(Cl)c(Cc2cc3cccc(-c4cc(C5(C(F)(F)F)COC(C)(C)O5)ccn4)c3s2)n1. The molecule has 0 spiro atoms. The number of halogens is 4. The molecule has 3 aromatic heterocycles. The molecule has 222 valence electrons. The molecule has 1 aliphatic heterocycles. The van der Waals surface area contributed by atoms with Gasteiger partial charge in [0.25, 0.3) is 0 Å². The molecule has 0 saturated carbocycles. The van der Waals surface area contributed by atoms with Gasteiger partial charge in [-0.3, -0.25) is 10.3 Å². The molecule has 1 fully saturated rings. The van der Waals surface area contributed by atoms with E-state index in [1.165, 1.54) is 43.5 Å². The summed E-state index contributed by atoms with van der Waals surface area (Å²) in [7, 11) is 0. The van der Waals surface area contributed by atoms with Crippen LogP contribution < -0.4 is 5.32 Å². The number of hydrogen-bond donors (Lipinski definition) is 1. The second-order valence-corrected chi connectivity index (χ2v) is 13.0. The highest BCUT2D eigenvalue weighted by molar-refractivity contribution is 7.19. The zero-order valence-electron chi connectivity index (χ0n) is 23.6. The largest absolute Gasteiger partial charge is 0.444 e. The molecular formula is C30H29ClF3N3O4S. The van der Waals surface area contributed by atoms with Gasteiger partial charge >= 0.3 is 12.3 Å². The highest BCUT2D eigenvalue weighted by Gasteiger charge is 2.64. The summed E-state index contributed by atoms with van der Waals surface area (Å²) in [6.45, 7) is 7.56. The minimum atomic E-state index is -4.71. The van der Waals surface area contributed by atoms with Crippen LogP contribution in [0.5, 0.6) is 0 Å². The zero-order valence-corrected chi connectivity index (χ0v) is 25.1. The van der Waals surface area contributed by atoms with Gasteiger partial charge in [0.2, 0.25) is 5.60 Å². The fraction of sp³-hybridized carbons (Fsp3) is 0.367. The molecule has 1 aromatic carbocycles. The second kappa shape index (κ2) is 10.8. The number of carbonyl (C=O) groups excluding carboxylic acids is 1. The molecular weight excluding hydrogens is 591 g/mol. The van der Waals surface area contributed by atoms with E-state index in [-0.39, 0.29) is 5.56 Å². The van der Waals surface area contributed by atoms with E-state index in [4.69, 9.17) is 25.8 Å². The van der Waals surface area contributed by atoms with Crippen molar-refractivity contribution in [2.24, 2.45) is 0 Å². The molecule has 1 saturated heterocycles. The molecule has 4 heterocycles. The zero-order chi connectivity index (χ0) is 30.5. The first-order valence-electron chi connectivity index (χ1n) is 13.1. The molecule has 4 aromatic rings. The topological polar surface area (TPSA) is 82.6 Å². The second-order valence-electron chi connectivity index (χ2n) is 11.4. The predicted octanol–water partition coefficient (Wildman–Crippen LogP) is 8.49. The van der Waals surface area contributed by atoms with Gasteiger partial charge in [0, 0.05) is 27.8 Å². The Balaban J connectivity index is 1.46. The lowest BCUT2D eigenvalue weighted by Crippen LogP contribution is -2.45. The van der Waals surface area contributed by atoms with Crippen molar-refractivity contribution < 1.29 is 32.2 Å². The maximum Gasteiger partial charge on any atom is 0.424 e. The fourth-order valence-electron chi connectivity index (χ4n) is 4.69. The summed E-state index contributed by atoms with van der Waals surface area (Å²) in [6, 6.07) is 13.5. The van der Waals surface area contributed by atoms with Crippen molar-refractivity contribution in [2.75, 3.05) is 11.9 Å². The molecule has 1 N–H and O–H groups in total. The number of ether oxygens (including phenoxy) is 3. The first-order chi connectivity index (χ1) is 19.6. The smallest absolute Gasteiger partial charge is 0.424 e. The number of pyridine rings is 2. The third kappa shape index (κ3) is 6.24. The number of carbonyl (C=O) groups is 1. The van der Waals surface area contributed by atoms with Crippen LogP contribution in [0.1, 0.15) is 50.8 Å². The van der Waals surface area contributed by atoms with Crippen LogP contribution in [0, 0.1) is 0 Å². The van der Waals surface area contributed by atoms with Gasteiger partial charge in [-0.1, -0.05) is 29.8 Å². The van der Waals surface area contributed by atoms with Gasteiger partial charge in [0.05, 0.1) is 23.0 Å². The number of aromatic nitrogens is 2. The molecule has 12 heteroatoms. The number of hydrogen-bond acceptors (Lipinski definition) is 7. The van der Waals surface area contributed by atoms with Gasteiger partial charge in [-0.15, -0.1) is 11.3 Å². The maximum absolute atomic E-state index is 14.4. The van der Waals surface area contributed by atoms with Crippen molar-refractivity contribution in [3.63, 3.8) is 0 Å². The van der Waals surface area contributed by atoms with E-state index in [9.17, 15) is 18.0 Å². The summed E-state index contributed by atoms with van der Waals surface area (Å²) in [5.41, 5.74) is -1.74. The number of anilines is 1. The Morgan fingerprint density at radius 3 is 2.57 bits per heavy atom. The highest BCUT2D eigenvalue weighted by Crippen LogP contribution is 2.50. The Kier molecular flexibility index (Phi) is 7.76. The Bertz CT molecular complexity index is 1650. The van der Waals surface area contributed by atoms with Crippen LogP contribution in [0.2, 0.25) is 5.02 Å². The number of thiophene rings is 1. The number of amides is 1. The first kappa shape index (κ1) is 30.2. The van der Waals surface area contributed by atoms with E-state index in [1.54, 1.807) is 32.9 Å². The lowest BCUT2D eigenvalue weighted by atomic mass is 9.93. The molecule has 1 atom stereocenters. The van der Waals surface area contributed by atoms with Crippen molar-refractivity contribution in [1.29, 1.82) is 0 Å². The molecule has 1 amide bonds. The standard InChI is InChI=1S/C30H29ClF3N3O4S/c1-27(2,3)40-26(38)37-24-10-9-21(31)23(36-24)15-19-13-17-7-6-8-20(25(17)42-19)22-14-18(11-12-35-22)29(30(32,33)34)16-39-28(4,5)41-29/h6-14H,15-16H2,1-5H3,(H,36,37,38). The van der Waals surface area contributed by atoms with Crippen LogP contribution in [0.25, 0.3) is 21.3 Å². The molecule has 0 bridgehead atoms. The van der Waals surface area contributed by atoms with Gasteiger partial charge in [0.15, 0.2) is 5.79 Å². The quantitative estimate of drug-likeness (QED) is 0.241. The van der Waals surface area contributed by atoms with Crippen LogP contribution in [-0.2, 0) is 26.2 Å². The monoisotopic (exact) mass is 619 g/mol. The number of benzene rings is 1. The number of rotatable bonds is 5. The van der Waals surface area contributed by atoms with E-state index in [1.807, 2.05) is 24.3 Å². The summed E-state index contributed by atoms with van der Waals surface area (Å²) in [5.74, 6) is -1.09. The minimum absolute atomic E-state index is 0.0790. The van der Waals surface area contributed by atoms with E-state index in [0.29, 0.717) is 34.2 Å². The van der Waals surface area contributed by atoms with Crippen molar-refractivity contribution in [1.82, 2.24) is 9.97 Å². The maximum atomic E-state index is 14.4. The Hall–Kier alpha value is -3.25. The third-order valence-corrected chi connectivity index (χ3v) is 8.02. The number of fused-ring (bicyclic) bond motifs is 1. The van der Waals surface area contributed by atoms with Crippen LogP contribution in [0.4, 0.5) is 23.8 Å². The molecule has 0 radical (unpaired) electrons. The first-order valence-corrected chi connectivity index (χ1v) is 14.3. The van der Waals surface area contributed by atoms with Gasteiger partial charge in [-0.2, -0.15) is 13.2 Å². The molecule has 7 nitrogen and oxygen atoms in total. The summed E-state index contributed by atoms with van der Waals surface area (Å²) in [6.07, 6.45) is -3.62. The number of nitrogens with one attached hydrogen (secondary N) is 1. The third-order valence-electron chi connectivity index (χ3n) is 6.49. The van der Waals surface area contributed by atoms with Crippen LogP contribution in [-0.4, -0.2) is 40.2 Å². The normalized spacial score (nSPS) is 18.8. The number of nitrogens with zero attached hydrogens (tertiary/aromatic N) is 2. The Morgan fingerprint density at radius 1 is 1.14 bits per heavy atom. The summed E-state index contributed by atoms with van der Waals surface area (Å²) in [5, 5.41) is 3.94. The molecule has 0 aliphatic carbocycles. The van der Waals surface area contributed by atoms with Gasteiger partial charge in [-0.05, 0) is 75.9 Å². The summed E-state index contributed by atoms with van der Waals surface area (Å²) < 4.78 is 60.1. The van der Waals surface area contributed by atoms with Gasteiger partial charge in [0.1, 0.15) is 11.4 Å². The van der Waals surface area contributed by atoms with E-state index >= 15 is 0 Å². The number of alkyl halides is 3. The van der Waals surface area contributed by atoms with E-state index in [0.717, 1.165) is 15.0 Å². The van der Waals surface area contributed by atoms with E-state index < -0.39 is 35.9 Å². The lowest BCUT2D eigenvalue weighted by molar-refractivity contribution is -0.289. The molecule has 1 aliphatic rings. The van der Waals surface area contributed by atoms with Crippen molar-refractivity contribution in [3.8, 4) is 11.3 Å². The minimum Gasteiger partial charge on any atom is -0.444 e. The van der Waals surface area contributed by atoms with E-state index in [2.05, 4.69) is 15.3 Å². The summed E-state index contributed by atoms with van der Waals surface area (Å²) in [4.78, 5) is 22.0. The Labute approximate surface area is 250 Å². The highest BCUT2D eigenvalue weighted by atomic mass is 35.5. The molecule has 5 rings (SSSR count). The van der Waals surface area contributed by atoms with Crippen LogP contribution in [0.3, 0.4) is 0 Å². The average molecular weight is 620 g/mol. The van der Waals surface area contributed by atoms with Crippen molar-refractivity contribution in [3.05, 3.63) is 75.9 Å². The molecule has 42 heavy (non-hydrogen) atoms. The van der Waals surface area contributed by atoms with Gasteiger partial charge < -0.3 is 14.2 Å². The van der Waals surface area contributed by atoms with Crippen LogP contribution in [0.15, 0.2) is 54.7 Å². The van der Waals surface area contributed by atoms with Crippen molar-refractivity contribution in [2.45, 2.75) is 64.2 Å². The lowest BCUT2D eigenvalue weighted by Gasteiger charge is -2.31. The Morgan fingerprint density at radius 2 is 1.90 bits per heavy atom. The van der Waals surface area contributed by atoms with Crippen LogP contribution >= 0.6 is 22.9 Å². The van der Waals surface area contributed by atoms with Crippen molar-refractivity contribution >= 4 is 44.9 Å². The van der Waals surface area contributed by atoms with Gasteiger partial charge in [-0.25, -0.2) is 9.78 Å².